The van der Waals surface area contributed by atoms with Crippen molar-refractivity contribution in [1.82, 2.24) is 25.1 Å². The van der Waals surface area contributed by atoms with Gasteiger partial charge in [-0.1, -0.05) is 12.1 Å². The molecule has 3 N–H and O–H groups in total. The van der Waals surface area contributed by atoms with E-state index in [1.807, 2.05) is 25.1 Å². The summed E-state index contributed by atoms with van der Waals surface area (Å²) in [4.78, 5) is 22.0. The van der Waals surface area contributed by atoms with Gasteiger partial charge in [-0.2, -0.15) is 5.10 Å². The average Bonchev–Trinajstić information content (AvgIpc) is 2.82. The minimum absolute atomic E-state index is 0.319. The molecule has 0 spiro atoms. The number of rotatable bonds is 3. The third-order valence-electron chi connectivity index (χ3n) is 2.84. The lowest BCUT2D eigenvalue weighted by Crippen LogP contribution is -2.06. The highest BCUT2D eigenvalue weighted by atomic mass is 16.1. The zero-order chi connectivity index (χ0) is 13.2. The Bertz CT molecular complexity index is 770. The van der Waals surface area contributed by atoms with E-state index >= 15 is 0 Å². The Hall–Kier alpha value is -2.70. The maximum atomic E-state index is 10.9. The van der Waals surface area contributed by atoms with Crippen molar-refractivity contribution in [2.24, 2.45) is 0 Å². The standard InChI is InChI=1S/C12H12N6O/c1-7-3-2-4-8-10(7)11(15-6-14-8)13-5-9-16-12(19)18-17-9/h2-4,6H,5H2,1H3,(H,13,14,15)(H2,16,17,18,19). The predicted octanol–water partition coefficient (Wildman–Crippen LogP) is 0.962. The first-order valence-corrected chi connectivity index (χ1v) is 5.82. The first kappa shape index (κ1) is 11.4. The van der Waals surface area contributed by atoms with Crippen LogP contribution < -0.4 is 11.0 Å². The average molecular weight is 256 g/mol. The molecule has 0 amide bonds. The van der Waals surface area contributed by atoms with Crippen LogP contribution in [0.25, 0.3) is 10.9 Å². The van der Waals surface area contributed by atoms with E-state index in [1.54, 1.807) is 0 Å². The van der Waals surface area contributed by atoms with E-state index in [0.29, 0.717) is 12.4 Å². The van der Waals surface area contributed by atoms with Gasteiger partial charge in [0.05, 0.1) is 12.1 Å². The van der Waals surface area contributed by atoms with Crippen LogP contribution in [0.3, 0.4) is 0 Å². The van der Waals surface area contributed by atoms with E-state index in [1.165, 1.54) is 6.33 Å². The molecular weight excluding hydrogens is 244 g/mol. The van der Waals surface area contributed by atoms with Crippen molar-refractivity contribution < 1.29 is 0 Å². The van der Waals surface area contributed by atoms with Gasteiger partial charge in [0.25, 0.3) is 0 Å². The van der Waals surface area contributed by atoms with E-state index in [9.17, 15) is 4.79 Å². The van der Waals surface area contributed by atoms with Gasteiger partial charge in [-0.05, 0) is 18.6 Å². The second-order valence-electron chi connectivity index (χ2n) is 4.17. The Kier molecular flexibility index (Phi) is 2.71. The number of hydrogen-bond acceptors (Lipinski definition) is 5. The van der Waals surface area contributed by atoms with Gasteiger partial charge >= 0.3 is 5.69 Å². The summed E-state index contributed by atoms with van der Waals surface area (Å²) in [7, 11) is 0. The number of hydrogen-bond donors (Lipinski definition) is 3. The van der Waals surface area contributed by atoms with Gasteiger partial charge in [0.15, 0.2) is 0 Å². The smallest absolute Gasteiger partial charge is 0.340 e. The summed E-state index contributed by atoms with van der Waals surface area (Å²) in [5.74, 6) is 1.26. The molecule has 0 bridgehead atoms. The topological polar surface area (TPSA) is 99.3 Å². The zero-order valence-corrected chi connectivity index (χ0v) is 10.3. The number of benzene rings is 1. The van der Waals surface area contributed by atoms with Crippen LogP contribution in [-0.2, 0) is 6.54 Å². The molecule has 0 radical (unpaired) electrons. The first-order valence-electron chi connectivity index (χ1n) is 5.82. The van der Waals surface area contributed by atoms with Crippen molar-refractivity contribution in [3.05, 3.63) is 46.4 Å². The quantitative estimate of drug-likeness (QED) is 0.648. The van der Waals surface area contributed by atoms with Gasteiger partial charge in [-0.25, -0.2) is 19.9 Å². The minimum Gasteiger partial charge on any atom is -0.362 e. The van der Waals surface area contributed by atoms with Crippen LogP contribution in [0.1, 0.15) is 11.4 Å². The van der Waals surface area contributed by atoms with Crippen LogP contribution >= 0.6 is 0 Å². The van der Waals surface area contributed by atoms with E-state index < -0.39 is 0 Å². The number of fused-ring (bicyclic) bond motifs is 1. The van der Waals surface area contributed by atoms with Gasteiger partial charge in [0.1, 0.15) is 18.0 Å². The zero-order valence-electron chi connectivity index (χ0n) is 10.3. The number of aromatic nitrogens is 5. The first-order chi connectivity index (χ1) is 9.24. The van der Waals surface area contributed by atoms with Gasteiger partial charge in [0.2, 0.25) is 0 Å². The number of aryl methyl sites for hydroxylation is 1. The third kappa shape index (κ3) is 2.17. The molecule has 0 aliphatic carbocycles. The molecule has 2 aromatic heterocycles. The fraction of sp³-hybridized carbons (Fsp3) is 0.167. The van der Waals surface area contributed by atoms with Crippen LogP contribution in [0.2, 0.25) is 0 Å². The predicted molar refractivity (Wildman–Crippen MR) is 70.8 cm³/mol. The molecule has 7 heteroatoms. The van der Waals surface area contributed by atoms with E-state index in [4.69, 9.17) is 0 Å². The van der Waals surface area contributed by atoms with Crippen LogP contribution in [0.5, 0.6) is 0 Å². The monoisotopic (exact) mass is 256 g/mol. The van der Waals surface area contributed by atoms with Crippen molar-refractivity contribution in [2.75, 3.05) is 5.32 Å². The van der Waals surface area contributed by atoms with Crippen molar-refractivity contribution >= 4 is 16.7 Å². The number of nitrogens with zero attached hydrogens (tertiary/aromatic N) is 3. The molecule has 2 heterocycles. The lowest BCUT2D eigenvalue weighted by atomic mass is 10.1. The molecule has 0 fully saturated rings. The van der Waals surface area contributed by atoms with Gasteiger partial charge in [0, 0.05) is 5.39 Å². The largest absolute Gasteiger partial charge is 0.362 e. The Morgan fingerprint density at radius 1 is 1.32 bits per heavy atom. The molecule has 0 unspecified atom stereocenters. The molecule has 0 atom stereocenters. The summed E-state index contributed by atoms with van der Waals surface area (Å²) in [6, 6.07) is 5.90. The second-order valence-corrected chi connectivity index (χ2v) is 4.17. The summed E-state index contributed by atoms with van der Waals surface area (Å²) < 4.78 is 0. The third-order valence-corrected chi connectivity index (χ3v) is 2.84. The number of anilines is 1. The lowest BCUT2D eigenvalue weighted by molar-refractivity contribution is 0.947. The van der Waals surface area contributed by atoms with E-state index in [-0.39, 0.29) is 5.69 Å². The fourth-order valence-electron chi connectivity index (χ4n) is 1.97. The molecule has 0 saturated carbocycles. The molecule has 7 nitrogen and oxygen atoms in total. The molecule has 0 saturated heterocycles. The van der Waals surface area contributed by atoms with Gasteiger partial charge in [-0.15, -0.1) is 0 Å². The Balaban J connectivity index is 1.94. The van der Waals surface area contributed by atoms with Crippen molar-refractivity contribution in [3.63, 3.8) is 0 Å². The Labute approximate surface area is 108 Å². The van der Waals surface area contributed by atoms with Gasteiger partial charge in [-0.3, -0.25) is 4.98 Å². The summed E-state index contributed by atoms with van der Waals surface area (Å²) in [6.07, 6.45) is 1.51. The van der Waals surface area contributed by atoms with Crippen molar-refractivity contribution in [2.45, 2.75) is 13.5 Å². The van der Waals surface area contributed by atoms with E-state index in [2.05, 4.69) is 30.5 Å². The summed E-state index contributed by atoms with van der Waals surface area (Å²) >= 11 is 0. The maximum Gasteiger partial charge on any atom is 0.340 e. The Morgan fingerprint density at radius 3 is 3.00 bits per heavy atom. The van der Waals surface area contributed by atoms with Gasteiger partial charge < -0.3 is 5.32 Å². The molecule has 3 aromatic rings. The molecule has 1 aromatic carbocycles. The Morgan fingerprint density at radius 2 is 2.21 bits per heavy atom. The molecule has 0 aliphatic heterocycles. The maximum absolute atomic E-state index is 10.9. The van der Waals surface area contributed by atoms with Crippen LogP contribution in [-0.4, -0.2) is 25.1 Å². The van der Waals surface area contributed by atoms with Crippen molar-refractivity contribution in [3.8, 4) is 0 Å². The highest BCUT2D eigenvalue weighted by molar-refractivity contribution is 5.91. The normalized spacial score (nSPS) is 10.8. The molecule has 0 aliphatic rings. The van der Waals surface area contributed by atoms with Crippen molar-refractivity contribution in [1.29, 1.82) is 0 Å². The summed E-state index contributed by atoms with van der Waals surface area (Å²) in [5.41, 5.74) is 1.66. The number of aromatic amines is 2. The second kappa shape index (κ2) is 4.52. The molecule has 96 valence electrons. The molecule has 3 rings (SSSR count). The highest BCUT2D eigenvalue weighted by Crippen LogP contribution is 2.22. The summed E-state index contributed by atoms with van der Waals surface area (Å²) in [6.45, 7) is 2.40. The lowest BCUT2D eigenvalue weighted by Gasteiger charge is -2.08. The number of H-pyrrole nitrogens is 2. The highest BCUT2D eigenvalue weighted by Gasteiger charge is 2.06. The fourth-order valence-corrected chi connectivity index (χ4v) is 1.97. The number of nitrogens with one attached hydrogen (secondary N) is 3. The van der Waals surface area contributed by atoms with Crippen LogP contribution in [0.4, 0.5) is 5.82 Å². The van der Waals surface area contributed by atoms with Crippen LogP contribution in [0.15, 0.2) is 29.3 Å². The SMILES string of the molecule is Cc1cccc2ncnc(NCc3n[nH]c(=O)[nH]3)c12. The van der Waals surface area contributed by atoms with Crippen LogP contribution in [0, 0.1) is 6.92 Å². The molecular formula is C12H12N6O. The van der Waals surface area contributed by atoms with E-state index in [0.717, 1.165) is 22.3 Å². The summed E-state index contributed by atoms with van der Waals surface area (Å²) in [5, 5.41) is 10.3. The molecule has 19 heavy (non-hydrogen) atoms. The minimum atomic E-state index is -0.319.